The van der Waals surface area contributed by atoms with Crippen LogP contribution >= 0.6 is 0 Å². The van der Waals surface area contributed by atoms with Crippen LogP contribution in [0.5, 0.6) is 5.75 Å². The number of carbonyl (C=O) groups excluding carboxylic acids is 2. The van der Waals surface area contributed by atoms with Crippen LogP contribution in [0, 0.1) is 0 Å². The Morgan fingerprint density at radius 3 is 2.52 bits per heavy atom. The molecule has 4 heteroatoms. The van der Waals surface area contributed by atoms with E-state index in [2.05, 4.69) is 4.98 Å². The van der Waals surface area contributed by atoms with Gasteiger partial charge in [0.1, 0.15) is 5.75 Å². The Hall–Kier alpha value is -3.01. The average molecular weight is 277 g/mol. The van der Waals surface area contributed by atoms with Crippen molar-refractivity contribution in [3.05, 3.63) is 72.1 Å². The van der Waals surface area contributed by atoms with Gasteiger partial charge in [0.05, 0.1) is 5.56 Å². The second kappa shape index (κ2) is 5.54. The summed E-state index contributed by atoms with van der Waals surface area (Å²) < 4.78 is 5.42. The first kappa shape index (κ1) is 13.0. The number of rotatable bonds is 3. The molecule has 0 aliphatic rings. The van der Waals surface area contributed by atoms with Crippen LogP contribution in [0.25, 0.3) is 10.8 Å². The summed E-state index contributed by atoms with van der Waals surface area (Å²) in [6.45, 7) is 0. The number of aldehydes is 1. The fourth-order valence-electron chi connectivity index (χ4n) is 2.13. The van der Waals surface area contributed by atoms with Gasteiger partial charge in [0.2, 0.25) is 0 Å². The average Bonchev–Trinajstić information content (AvgIpc) is 2.56. The molecule has 0 radical (unpaired) electrons. The van der Waals surface area contributed by atoms with Crippen LogP contribution in [0.1, 0.15) is 20.7 Å². The molecule has 4 nitrogen and oxygen atoms in total. The molecule has 102 valence electrons. The smallest absolute Gasteiger partial charge is 0.345 e. The Labute approximate surface area is 121 Å². The number of carbonyl (C=O) groups is 2. The van der Waals surface area contributed by atoms with E-state index in [1.807, 2.05) is 24.3 Å². The molecule has 0 atom stereocenters. The first-order chi connectivity index (χ1) is 10.3. The first-order valence-corrected chi connectivity index (χ1v) is 6.39. The highest BCUT2D eigenvalue weighted by Gasteiger charge is 2.12. The highest BCUT2D eigenvalue weighted by atomic mass is 16.5. The fourth-order valence-corrected chi connectivity index (χ4v) is 2.13. The SMILES string of the molecule is O=Cc1ccc(OC(=O)c2cccnc2)c2ccccc12. The maximum Gasteiger partial charge on any atom is 0.345 e. The summed E-state index contributed by atoms with van der Waals surface area (Å²) in [6, 6.07) is 13.9. The highest BCUT2D eigenvalue weighted by Crippen LogP contribution is 2.28. The van der Waals surface area contributed by atoms with Crippen LogP contribution in [0.3, 0.4) is 0 Å². The molecular formula is C17H11NO3. The van der Waals surface area contributed by atoms with Crippen molar-refractivity contribution in [1.29, 1.82) is 0 Å². The van der Waals surface area contributed by atoms with Crippen LogP contribution in [0.15, 0.2) is 60.9 Å². The molecule has 1 aromatic heterocycles. The van der Waals surface area contributed by atoms with Gasteiger partial charge in [0.15, 0.2) is 6.29 Å². The monoisotopic (exact) mass is 277 g/mol. The lowest BCUT2D eigenvalue weighted by Gasteiger charge is -2.09. The summed E-state index contributed by atoms with van der Waals surface area (Å²) in [5.41, 5.74) is 0.938. The van der Waals surface area contributed by atoms with E-state index in [1.54, 1.807) is 30.5 Å². The summed E-state index contributed by atoms with van der Waals surface area (Å²) in [5.74, 6) is -0.0582. The summed E-state index contributed by atoms with van der Waals surface area (Å²) >= 11 is 0. The van der Waals surface area contributed by atoms with Crippen molar-refractivity contribution in [3.63, 3.8) is 0 Å². The third-order valence-corrected chi connectivity index (χ3v) is 3.14. The second-order valence-corrected chi connectivity index (χ2v) is 4.45. The van der Waals surface area contributed by atoms with Crippen molar-refractivity contribution in [1.82, 2.24) is 4.98 Å². The van der Waals surface area contributed by atoms with Crippen LogP contribution < -0.4 is 4.74 Å². The van der Waals surface area contributed by atoms with Gasteiger partial charge in [-0.3, -0.25) is 9.78 Å². The van der Waals surface area contributed by atoms with Gasteiger partial charge in [0, 0.05) is 23.3 Å². The van der Waals surface area contributed by atoms with E-state index in [0.717, 1.165) is 17.1 Å². The minimum atomic E-state index is -0.480. The molecule has 0 aliphatic carbocycles. The van der Waals surface area contributed by atoms with Crippen LogP contribution in [-0.4, -0.2) is 17.2 Å². The maximum absolute atomic E-state index is 12.1. The predicted octanol–water partition coefficient (Wildman–Crippen LogP) is 3.27. The minimum Gasteiger partial charge on any atom is -0.422 e. The number of aromatic nitrogens is 1. The lowest BCUT2D eigenvalue weighted by Crippen LogP contribution is -2.09. The van der Waals surface area contributed by atoms with Gasteiger partial charge in [-0.1, -0.05) is 24.3 Å². The molecule has 0 bridgehead atoms. The first-order valence-electron chi connectivity index (χ1n) is 6.39. The van der Waals surface area contributed by atoms with E-state index < -0.39 is 5.97 Å². The van der Waals surface area contributed by atoms with Gasteiger partial charge < -0.3 is 4.74 Å². The molecule has 1 heterocycles. The van der Waals surface area contributed by atoms with Crippen LogP contribution in [0.4, 0.5) is 0 Å². The Balaban J connectivity index is 2.02. The second-order valence-electron chi connectivity index (χ2n) is 4.45. The van der Waals surface area contributed by atoms with Crippen LogP contribution in [0.2, 0.25) is 0 Å². The Morgan fingerprint density at radius 2 is 1.81 bits per heavy atom. The van der Waals surface area contributed by atoms with Crippen molar-refractivity contribution in [2.45, 2.75) is 0 Å². The molecular weight excluding hydrogens is 266 g/mol. The molecule has 0 unspecified atom stereocenters. The fraction of sp³-hybridized carbons (Fsp3) is 0. The predicted molar refractivity (Wildman–Crippen MR) is 78.5 cm³/mol. The summed E-state index contributed by atoms with van der Waals surface area (Å²) in [5, 5.41) is 1.48. The molecule has 0 spiro atoms. The van der Waals surface area contributed by atoms with E-state index >= 15 is 0 Å². The zero-order valence-electron chi connectivity index (χ0n) is 11.0. The molecule has 0 saturated heterocycles. The van der Waals surface area contributed by atoms with Gasteiger partial charge in [-0.25, -0.2) is 4.79 Å². The molecule has 3 rings (SSSR count). The topological polar surface area (TPSA) is 56.3 Å². The van der Waals surface area contributed by atoms with Crippen molar-refractivity contribution >= 4 is 23.0 Å². The van der Waals surface area contributed by atoms with Gasteiger partial charge in [-0.2, -0.15) is 0 Å². The third kappa shape index (κ3) is 2.51. The van der Waals surface area contributed by atoms with Crippen molar-refractivity contribution < 1.29 is 14.3 Å². The minimum absolute atomic E-state index is 0.376. The molecule has 3 aromatic rings. The maximum atomic E-state index is 12.1. The number of pyridine rings is 1. The lowest BCUT2D eigenvalue weighted by molar-refractivity contribution is 0.0736. The number of benzene rings is 2. The normalized spacial score (nSPS) is 10.3. The Morgan fingerprint density at radius 1 is 1.00 bits per heavy atom. The van der Waals surface area contributed by atoms with E-state index in [9.17, 15) is 9.59 Å². The van der Waals surface area contributed by atoms with E-state index in [0.29, 0.717) is 16.9 Å². The zero-order valence-corrected chi connectivity index (χ0v) is 11.0. The number of hydrogen-bond donors (Lipinski definition) is 0. The molecule has 0 amide bonds. The standard InChI is InChI=1S/C17H11NO3/c19-11-13-7-8-16(15-6-2-1-5-14(13)15)21-17(20)12-4-3-9-18-10-12/h1-11H. The highest BCUT2D eigenvalue weighted by molar-refractivity contribution is 6.02. The van der Waals surface area contributed by atoms with Crippen LogP contribution in [-0.2, 0) is 0 Å². The largest absolute Gasteiger partial charge is 0.422 e. The molecule has 0 N–H and O–H groups in total. The lowest BCUT2D eigenvalue weighted by atomic mass is 10.0. The van der Waals surface area contributed by atoms with Crippen molar-refractivity contribution in [3.8, 4) is 5.75 Å². The van der Waals surface area contributed by atoms with Gasteiger partial charge in [0.25, 0.3) is 0 Å². The molecule has 0 saturated carbocycles. The van der Waals surface area contributed by atoms with E-state index in [1.165, 1.54) is 6.20 Å². The van der Waals surface area contributed by atoms with Gasteiger partial charge >= 0.3 is 5.97 Å². The number of fused-ring (bicyclic) bond motifs is 1. The quantitative estimate of drug-likeness (QED) is 0.419. The Kier molecular flexibility index (Phi) is 3.43. The molecule has 21 heavy (non-hydrogen) atoms. The molecule has 2 aromatic carbocycles. The summed E-state index contributed by atoms with van der Waals surface area (Å²) in [6.07, 6.45) is 3.82. The number of esters is 1. The zero-order chi connectivity index (χ0) is 14.7. The Bertz CT molecular complexity index is 813. The van der Waals surface area contributed by atoms with Crippen molar-refractivity contribution in [2.24, 2.45) is 0 Å². The van der Waals surface area contributed by atoms with E-state index in [-0.39, 0.29) is 0 Å². The third-order valence-electron chi connectivity index (χ3n) is 3.14. The van der Waals surface area contributed by atoms with E-state index in [4.69, 9.17) is 4.74 Å². The number of nitrogens with zero attached hydrogens (tertiary/aromatic N) is 1. The van der Waals surface area contributed by atoms with Gasteiger partial charge in [-0.15, -0.1) is 0 Å². The number of ether oxygens (including phenoxy) is 1. The van der Waals surface area contributed by atoms with Crippen molar-refractivity contribution in [2.75, 3.05) is 0 Å². The van der Waals surface area contributed by atoms with Gasteiger partial charge in [-0.05, 0) is 29.7 Å². The summed E-state index contributed by atoms with van der Waals surface area (Å²) in [4.78, 5) is 27.0. The molecule has 0 aliphatic heterocycles. The summed E-state index contributed by atoms with van der Waals surface area (Å²) in [7, 11) is 0. The molecule has 0 fully saturated rings. The number of hydrogen-bond acceptors (Lipinski definition) is 4.